The van der Waals surface area contributed by atoms with Gasteiger partial charge in [-0.2, -0.15) is 0 Å². The van der Waals surface area contributed by atoms with Crippen molar-refractivity contribution in [3.8, 4) is 0 Å². The predicted octanol–water partition coefficient (Wildman–Crippen LogP) is 1.69. The molecule has 0 bridgehead atoms. The molecule has 4 aliphatic carbocycles. The molecule has 0 aromatic rings. The molecule has 4 saturated carbocycles. The van der Waals surface area contributed by atoms with Gasteiger partial charge in [-0.3, -0.25) is 0 Å². The second kappa shape index (κ2) is 6.28. The summed E-state index contributed by atoms with van der Waals surface area (Å²) in [6.45, 7) is 2.41. The number of hydrogen-bond donors (Lipinski definition) is 4. The number of aliphatic hydroxyl groups excluding tert-OH is 2. The van der Waals surface area contributed by atoms with Crippen molar-refractivity contribution in [3.63, 3.8) is 0 Å². The third kappa shape index (κ3) is 2.40. The molecule has 6 nitrogen and oxygen atoms in total. The lowest BCUT2D eigenvalue weighted by atomic mass is 9.41. The molecule has 1 aliphatic heterocycles. The van der Waals surface area contributed by atoms with Crippen LogP contribution in [0.4, 0.5) is 0 Å². The molecule has 0 amide bonds. The van der Waals surface area contributed by atoms with E-state index < -0.39 is 22.7 Å². The zero-order valence-electron chi connectivity index (χ0n) is 17.3. The molecule has 0 spiro atoms. The average Bonchev–Trinajstić information content (AvgIpc) is 3.21. The van der Waals surface area contributed by atoms with Gasteiger partial charge in [0.2, 0.25) is 0 Å². The summed E-state index contributed by atoms with van der Waals surface area (Å²) in [6, 6.07) is 0. The molecule has 29 heavy (non-hydrogen) atoms. The van der Waals surface area contributed by atoms with Crippen molar-refractivity contribution in [2.45, 2.75) is 82.0 Å². The smallest absolute Gasteiger partial charge is 0.331 e. The van der Waals surface area contributed by atoms with Gasteiger partial charge in [0.05, 0.1) is 23.9 Å². The summed E-state index contributed by atoms with van der Waals surface area (Å²) in [5, 5.41) is 44.4. The molecular formula is C23H34O6. The highest BCUT2D eigenvalue weighted by Gasteiger charge is 2.71. The first-order valence-electron chi connectivity index (χ1n) is 11.3. The molecule has 8 atom stereocenters. The molecule has 0 unspecified atom stereocenters. The van der Waals surface area contributed by atoms with Crippen molar-refractivity contribution in [1.29, 1.82) is 0 Å². The predicted molar refractivity (Wildman–Crippen MR) is 105 cm³/mol. The summed E-state index contributed by atoms with van der Waals surface area (Å²) in [6.07, 6.45) is 7.02. The van der Waals surface area contributed by atoms with Crippen LogP contribution < -0.4 is 0 Å². The number of rotatable bonds is 2. The van der Waals surface area contributed by atoms with E-state index in [2.05, 4.69) is 6.92 Å². The third-order valence-corrected chi connectivity index (χ3v) is 10.1. The van der Waals surface area contributed by atoms with E-state index in [1.54, 1.807) is 6.08 Å². The highest BCUT2D eigenvalue weighted by molar-refractivity contribution is 5.85. The van der Waals surface area contributed by atoms with Gasteiger partial charge in [-0.05, 0) is 74.7 Å². The van der Waals surface area contributed by atoms with Crippen LogP contribution in [0.2, 0.25) is 0 Å². The number of fused-ring (bicyclic) bond motifs is 5. The normalized spacial score (nSPS) is 54.2. The lowest BCUT2D eigenvalue weighted by Gasteiger charge is -2.66. The Hall–Kier alpha value is -0.950. The first-order valence-corrected chi connectivity index (χ1v) is 11.3. The molecular weight excluding hydrogens is 372 g/mol. The van der Waals surface area contributed by atoms with E-state index in [1.165, 1.54) is 0 Å². The van der Waals surface area contributed by atoms with E-state index in [0.29, 0.717) is 45.1 Å². The van der Waals surface area contributed by atoms with Gasteiger partial charge in [0.25, 0.3) is 0 Å². The number of ether oxygens (including phenoxy) is 1. The quantitative estimate of drug-likeness (QED) is 0.520. The number of carbonyl (C=O) groups excluding carboxylic acids is 1. The maximum Gasteiger partial charge on any atom is 0.331 e. The minimum atomic E-state index is -1.06. The summed E-state index contributed by atoms with van der Waals surface area (Å²) < 4.78 is 5.17. The molecule has 0 aromatic heterocycles. The summed E-state index contributed by atoms with van der Waals surface area (Å²) in [5.41, 5.74) is -1.88. The van der Waals surface area contributed by atoms with Crippen LogP contribution in [0.25, 0.3) is 0 Å². The molecule has 6 heteroatoms. The Bertz CT molecular complexity index is 750. The number of aliphatic hydroxyl groups is 4. The highest BCUT2D eigenvalue weighted by atomic mass is 16.5. The van der Waals surface area contributed by atoms with Crippen molar-refractivity contribution in [3.05, 3.63) is 11.6 Å². The molecule has 0 saturated heterocycles. The van der Waals surface area contributed by atoms with Gasteiger partial charge < -0.3 is 25.2 Å². The van der Waals surface area contributed by atoms with Gasteiger partial charge in [0, 0.05) is 23.3 Å². The summed E-state index contributed by atoms with van der Waals surface area (Å²) in [5.74, 6) is -0.0760. The molecule has 4 fully saturated rings. The molecule has 5 aliphatic rings. The first kappa shape index (κ1) is 20.0. The van der Waals surface area contributed by atoms with E-state index in [1.807, 2.05) is 0 Å². The molecule has 1 heterocycles. The molecule has 162 valence electrons. The molecule has 4 N–H and O–H groups in total. The summed E-state index contributed by atoms with van der Waals surface area (Å²) >= 11 is 0. The third-order valence-electron chi connectivity index (χ3n) is 10.1. The zero-order valence-corrected chi connectivity index (χ0v) is 17.3. The van der Waals surface area contributed by atoms with E-state index in [9.17, 15) is 25.2 Å². The van der Waals surface area contributed by atoms with Crippen LogP contribution >= 0.6 is 0 Å². The van der Waals surface area contributed by atoms with E-state index >= 15 is 0 Å². The fraction of sp³-hybridized carbons (Fsp3) is 0.870. The minimum Gasteiger partial charge on any atom is -0.458 e. The standard InChI is InChI=1S/C23H34O6/c1-20-6-3-17-18(4-8-22(27)11-15(25)2-7-21(17,22)13-24)23(20,28)9-5-16(20)14-10-19(26)29-12-14/h10,15-18,24-25,27-28H,2-9,11-13H2,1H3/t15-,16-,17+,18-,20-,21-,22+,23-/m0/s1. The van der Waals surface area contributed by atoms with Crippen LogP contribution in [0, 0.1) is 28.6 Å². The van der Waals surface area contributed by atoms with E-state index in [-0.39, 0.29) is 35.7 Å². The largest absolute Gasteiger partial charge is 0.458 e. The Morgan fingerprint density at radius 1 is 1.07 bits per heavy atom. The van der Waals surface area contributed by atoms with Gasteiger partial charge in [0.1, 0.15) is 6.61 Å². The molecule has 0 radical (unpaired) electrons. The van der Waals surface area contributed by atoms with Crippen LogP contribution in [-0.4, -0.2) is 56.9 Å². The Morgan fingerprint density at radius 2 is 1.83 bits per heavy atom. The fourth-order valence-corrected chi connectivity index (χ4v) is 8.52. The Balaban J connectivity index is 1.51. The van der Waals surface area contributed by atoms with Gasteiger partial charge >= 0.3 is 5.97 Å². The van der Waals surface area contributed by atoms with Gasteiger partial charge in [-0.15, -0.1) is 0 Å². The highest BCUT2D eigenvalue weighted by Crippen LogP contribution is 2.70. The van der Waals surface area contributed by atoms with Crippen molar-refractivity contribution in [2.75, 3.05) is 13.2 Å². The van der Waals surface area contributed by atoms with Crippen molar-refractivity contribution >= 4 is 5.97 Å². The molecule has 5 rings (SSSR count). The van der Waals surface area contributed by atoms with E-state index in [4.69, 9.17) is 4.74 Å². The van der Waals surface area contributed by atoms with E-state index in [0.717, 1.165) is 24.8 Å². The fourth-order valence-electron chi connectivity index (χ4n) is 8.52. The maximum absolute atomic E-state index is 12.1. The van der Waals surface area contributed by atoms with Crippen molar-refractivity contribution < 1.29 is 30.0 Å². The van der Waals surface area contributed by atoms with Crippen molar-refractivity contribution in [2.24, 2.45) is 28.6 Å². The Kier molecular flexibility index (Phi) is 4.33. The monoisotopic (exact) mass is 406 g/mol. The second-order valence-corrected chi connectivity index (χ2v) is 10.8. The van der Waals surface area contributed by atoms with Crippen LogP contribution in [0.5, 0.6) is 0 Å². The van der Waals surface area contributed by atoms with Crippen LogP contribution in [0.1, 0.15) is 64.7 Å². The van der Waals surface area contributed by atoms with Crippen LogP contribution in [0.15, 0.2) is 11.6 Å². The van der Waals surface area contributed by atoms with Crippen molar-refractivity contribution in [1.82, 2.24) is 0 Å². The Labute approximate surface area is 172 Å². The minimum absolute atomic E-state index is 0.0209. The number of hydrogen-bond acceptors (Lipinski definition) is 6. The number of carbonyl (C=O) groups is 1. The topological polar surface area (TPSA) is 107 Å². The maximum atomic E-state index is 12.1. The number of esters is 1. The van der Waals surface area contributed by atoms with Gasteiger partial charge in [0.15, 0.2) is 0 Å². The first-order chi connectivity index (χ1) is 13.7. The Morgan fingerprint density at radius 3 is 2.52 bits per heavy atom. The summed E-state index contributed by atoms with van der Waals surface area (Å²) in [7, 11) is 0. The SMILES string of the molecule is C[C@@]12CC[C@@H]3[C@H](CC[C@@]4(O)C[C@@H](O)CC[C@]34CO)[C@@]1(O)CC[C@H]2C1=CC(=O)OC1. The zero-order chi connectivity index (χ0) is 20.7. The molecule has 0 aromatic carbocycles. The van der Waals surface area contributed by atoms with Gasteiger partial charge in [-0.25, -0.2) is 4.79 Å². The van der Waals surface area contributed by atoms with Crippen LogP contribution in [-0.2, 0) is 9.53 Å². The lowest BCUT2D eigenvalue weighted by molar-refractivity contribution is -0.269. The van der Waals surface area contributed by atoms with Gasteiger partial charge in [-0.1, -0.05) is 6.92 Å². The van der Waals surface area contributed by atoms with Crippen LogP contribution in [0.3, 0.4) is 0 Å². The second-order valence-electron chi connectivity index (χ2n) is 10.8. The lowest BCUT2D eigenvalue weighted by Crippen LogP contribution is -2.69. The summed E-state index contributed by atoms with van der Waals surface area (Å²) in [4.78, 5) is 11.6. The number of cyclic esters (lactones) is 1. The average molecular weight is 407 g/mol.